The van der Waals surface area contributed by atoms with Gasteiger partial charge in [0.1, 0.15) is 17.3 Å². The lowest BCUT2D eigenvalue weighted by Crippen LogP contribution is -2.01. The van der Waals surface area contributed by atoms with Crippen molar-refractivity contribution in [1.29, 1.82) is 0 Å². The second kappa shape index (κ2) is 8.26. The molecule has 0 aliphatic rings. The number of aromatic nitrogens is 3. The zero-order valence-corrected chi connectivity index (χ0v) is 15.7. The van der Waals surface area contributed by atoms with Crippen molar-refractivity contribution in [1.82, 2.24) is 15.0 Å². The van der Waals surface area contributed by atoms with Gasteiger partial charge in [-0.15, -0.1) is 0 Å². The molecule has 7 heteroatoms. The van der Waals surface area contributed by atoms with Crippen molar-refractivity contribution in [3.8, 4) is 28.6 Å². The first-order valence-corrected chi connectivity index (χ1v) is 8.94. The summed E-state index contributed by atoms with van der Waals surface area (Å²) in [6.45, 7) is 0. The summed E-state index contributed by atoms with van der Waals surface area (Å²) in [6, 6.07) is 22.7. The van der Waals surface area contributed by atoms with Crippen molar-refractivity contribution < 1.29 is 9.47 Å². The van der Waals surface area contributed by atoms with E-state index in [1.807, 2.05) is 66.7 Å². The fraction of sp³-hybridized carbons (Fsp3) is 0.0455. The number of nitrogens with one attached hydrogen (secondary N) is 1. The molecular weight excluding hydrogens is 366 g/mol. The van der Waals surface area contributed by atoms with E-state index in [1.165, 1.54) is 0 Å². The average Bonchev–Trinajstić information content (AvgIpc) is 2.75. The first-order valence-electron chi connectivity index (χ1n) is 8.94. The summed E-state index contributed by atoms with van der Waals surface area (Å²) in [5, 5.41) is 3.24. The number of methoxy groups -OCH3 is 1. The fourth-order valence-electron chi connectivity index (χ4n) is 2.71. The first kappa shape index (κ1) is 18.2. The molecule has 3 N–H and O–H groups in total. The molecule has 0 amide bonds. The molecule has 0 bridgehead atoms. The molecule has 7 nitrogen and oxygen atoms in total. The molecule has 2 aromatic carbocycles. The Morgan fingerprint density at radius 2 is 1.62 bits per heavy atom. The Labute approximate surface area is 168 Å². The molecule has 29 heavy (non-hydrogen) atoms. The SMILES string of the molecule is COc1ccc(-c2cc(Nc3ccc(Oc4ccccc4)cc3)nc(N)n2)cn1. The molecule has 2 aromatic heterocycles. The summed E-state index contributed by atoms with van der Waals surface area (Å²) in [6.07, 6.45) is 1.68. The average molecular weight is 385 g/mol. The van der Waals surface area contributed by atoms with E-state index in [0.29, 0.717) is 17.4 Å². The van der Waals surface area contributed by atoms with Crippen molar-refractivity contribution >= 4 is 17.5 Å². The Morgan fingerprint density at radius 1 is 0.862 bits per heavy atom. The topological polar surface area (TPSA) is 95.2 Å². The van der Waals surface area contributed by atoms with Crippen LogP contribution in [0.15, 0.2) is 79.0 Å². The predicted molar refractivity (Wildman–Crippen MR) is 112 cm³/mol. The van der Waals surface area contributed by atoms with Crippen LogP contribution in [0.2, 0.25) is 0 Å². The van der Waals surface area contributed by atoms with E-state index < -0.39 is 0 Å². The quantitative estimate of drug-likeness (QED) is 0.498. The van der Waals surface area contributed by atoms with Gasteiger partial charge in [-0.3, -0.25) is 0 Å². The highest BCUT2D eigenvalue weighted by atomic mass is 16.5. The molecule has 0 fully saturated rings. The molecule has 0 unspecified atom stereocenters. The summed E-state index contributed by atoms with van der Waals surface area (Å²) in [4.78, 5) is 12.7. The monoisotopic (exact) mass is 385 g/mol. The molecule has 144 valence electrons. The largest absolute Gasteiger partial charge is 0.481 e. The van der Waals surface area contributed by atoms with Crippen LogP contribution in [0.3, 0.4) is 0 Å². The minimum atomic E-state index is 0.171. The van der Waals surface area contributed by atoms with Crippen LogP contribution >= 0.6 is 0 Å². The van der Waals surface area contributed by atoms with Crippen LogP contribution in [0.25, 0.3) is 11.3 Å². The number of nitrogens with two attached hydrogens (primary N) is 1. The molecule has 0 aliphatic heterocycles. The van der Waals surface area contributed by atoms with Crippen molar-refractivity contribution in [2.45, 2.75) is 0 Å². The number of nitrogens with zero attached hydrogens (tertiary/aromatic N) is 3. The number of rotatable bonds is 6. The lowest BCUT2D eigenvalue weighted by molar-refractivity contribution is 0.398. The Balaban J connectivity index is 1.50. The number of pyridine rings is 1. The molecule has 2 heterocycles. The number of nitrogen functional groups attached to an aromatic ring is 1. The smallest absolute Gasteiger partial charge is 0.222 e. The van der Waals surface area contributed by atoms with Gasteiger partial charge in [0.25, 0.3) is 0 Å². The minimum Gasteiger partial charge on any atom is -0.481 e. The van der Waals surface area contributed by atoms with E-state index >= 15 is 0 Å². The molecule has 0 spiro atoms. The molecule has 4 aromatic rings. The summed E-state index contributed by atoms with van der Waals surface area (Å²) in [7, 11) is 1.57. The Morgan fingerprint density at radius 3 is 2.31 bits per heavy atom. The van der Waals surface area contributed by atoms with Crippen molar-refractivity contribution in [2.75, 3.05) is 18.2 Å². The molecule has 0 radical (unpaired) electrons. The molecule has 0 saturated heterocycles. The van der Waals surface area contributed by atoms with Gasteiger partial charge in [-0.25, -0.2) is 9.97 Å². The van der Waals surface area contributed by atoms with Crippen molar-refractivity contribution in [3.05, 3.63) is 79.0 Å². The van der Waals surface area contributed by atoms with E-state index in [0.717, 1.165) is 22.7 Å². The van der Waals surface area contributed by atoms with Gasteiger partial charge in [-0.2, -0.15) is 4.98 Å². The maximum absolute atomic E-state index is 5.89. The van der Waals surface area contributed by atoms with E-state index in [2.05, 4.69) is 20.3 Å². The maximum Gasteiger partial charge on any atom is 0.222 e. The maximum atomic E-state index is 5.89. The highest BCUT2D eigenvalue weighted by molar-refractivity contribution is 5.67. The molecule has 4 rings (SSSR count). The number of para-hydroxylation sites is 1. The van der Waals surface area contributed by atoms with Crippen LogP contribution in [0, 0.1) is 0 Å². The van der Waals surface area contributed by atoms with Gasteiger partial charge in [0, 0.05) is 29.6 Å². The normalized spacial score (nSPS) is 10.4. The highest BCUT2D eigenvalue weighted by Crippen LogP contribution is 2.26. The standard InChI is InChI=1S/C22H19N5O2/c1-28-21-12-7-15(14-24-21)19-13-20(27-22(23)26-19)25-16-8-10-18(11-9-16)29-17-5-3-2-4-6-17/h2-14H,1H3,(H3,23,25,26,27). The zero-order chi connectivity index (χ0) is 20.1. The van der Waals surface area contributed by atoms with E-state index in [1.54, 1.807) is 19.4 Å². The zero-order valence-electron chi connectivity index (χ0n) is 15.7. The van der Waals surface area contributed by atoms with Gasteiger partial charge >= 0.3 is 0 Å². The van der Waals surface area contributed by atoms with Crippen LogP contribution in [0.4, 0.5) is 17.5 Å². The summed E-state index contributed by atoms with van der Waals surface area (Å²) in [5.74, 6) is 2.82. The van der Waals surface area contributed by atoms with Gasteiger partial charge in [0.2, 0.25) is 11.8 Å². The van der Waals surface area contributed by atoms with Crippen LogP contribution < -0.4 is 20.5 Å². The fourth-order valence-corrected chi connectivity index (χ4v) is 2.71. The lowest BCUT2D eigenvalue weighted by atomic mass is 10.2. The number of anilines is 3. The van der Waals surface area contributed by atoms with Gasteiger partial charge in [0.15, 0.2) is 0 Å². The molecule has 0 saturated carbocycles. The van der Waals surface area contributed by atoms with Gasteiger partial charge < -0.3 is 20.5 Å². The number of benzene rings is 2. The van der Waals surface area contributed by atoms with Crippen LogP contribution in [-0.2, 0) is 0 Å². The Bertz CT molecular complexity index is 1080. The second-order valence-corrected chi connectivity index (χ2v) is 6.15. The summed E-state index contributed by atoms with van der Waals surface area (Å²) < 4.78 is 10.9. The van der Waals surface area contributed by atoms with Crippen molar-refractivity contribution in [2.24, 2.45) is 0 Å². The third-order valence-corrected chi connectivity index (χ3v) is 4.09. The summed E-state index contributed by atoms with van der Waals surface area (Å²) in [5.41, 5.74) is 8.22. The minimum absolute atomic E-state index is 0.171. The van der Waals surface area contributed by atoms with Crippen molar-refractivity contribution in [3.63, 3.8) is 0 Å². The van der Waals surface area contributed by atoms with Gasteiger partial charge in [-0.1, -0.05) is 18.2 Å². The van der Waals surface area contributed by atoms with Gasteiger partial charge in [0.05, 0.1) is 12.8 Å². The van der Waals surface area contributed by atoms with E-state index in [9.17, 15) is 0 Å². The lowest BCUT2D eigenvalue weighted by Gasteiger charge is -2.10. The molecular formula is C22H19N5O2. The summed E-state index contributed by atoms with van der Waals surface area (Å²) >= 11 is 0. The number of hydrogen-bond donors (Lipinski definition) is 2. The van der Waals surface area contributed by atoms with Crippen LogP contribution in [0.5, 0.6) is 17.4 Å². The molecule has 0 aliphatic carbocycles. The molecule has 0 atom stereocenters. The third-order valence-electron chi connectivity index (χ3n) is 4.09. The first-order chi connectivity index (χ1) is 14.2. The third kappa shape index (κ3) is 4.59. The van der Waals surface area contributed by atoms with Crippen LogP contribution in [0.1, 0.15) is 0 Å². The van der Waals surface area contributed by atoms with E-state index in [4.69, 9.17) is 15.2 Å². The van der Waals surface area contributed by atoms with Crippen LogP contribution in [-0.4, -0.2) is 22.1 Å². The predicted octanol–water partition coefficient (Wildman–Crippen LogP) is 4.67. The Hall–Kier alpha value is -4.13. The second-order valence-electron chi connectivity index (χ2n) is 6.15. The number of ether oxygens (including phenoxy) is 2. The number of hydrogen-bond acceptors (Lipinski definition) is 7. The van der Waals surface area contributed by atoms with E-state index in [-0.39, 0.29) is 5.95 Å². The Kier molecular flexibility index (Phi) is 5.20. The highest BCUT2D eigenvalue weighted by Gasteiger charge is 2.07. The van der Waals surface area contributed by atoms with Gasteiger partial charge in [-0.05, 0) is 42.5 Å².